The number of rotatable bonds is 2. The minimum Gasteiger partial charge on any atom is -0.379 e. The Kier molecular flexibility index (Phi) is 4.45. The Morgan fingerprint density at radius 1 is 1.04 bits per heavy atom. The quantitative estimate of drug-likeness (QED) is 0.832. The zero-order valence-electron chi connectivity index (χ0n) is 14.1. The van der Waals surface area contributed by atoms with Crippen molar-refractivity contribution >= 4 is 5.69 Å². The molecule has 3 aliphatic heterocycles. The normalized spacial score (nSPS) is 27.3. The van der Waals surface area contributed by atoms with Crippen molar-refractivity contribution in [1.82, 2.24) is 4.90 Å². The number of nitrogens with zero attached hydrogens (tertiary/aromatic N) is 3. The highest BCUT2D eigenvalue weighted by Crippen LogP contribution is 2.38. The zero-order valence-corrected chi connectivity index (χ0v) is 14.1. The number of ether oxygens (including phenoxy) is 2. The summed E-state index contributed by atoms with van der Waals surface area (Å²) < 4.78 is 11.8. The Morgan fingerprint density at radius 3 is 2.42 bits per heavy atom. The summed E-state index contributed by atoms with van der Waals surface area (Å²) in [5.41, 5.74) is 2.01. The standard InChI is InChI=1S/C19H25N3O2/c20-14-16-1-3-17(4-2-16)21-7-5-19(6-8-21)13-18(15-24-19)22-9-11-23-12-10-22/h1-4,18H,5-13,15H2. The molecule has 0 radical (unpaired) electrons. The Hall–Kier alpha value is -1.61. The topological polar surface area (TPSA) is 48.7 Å². The Balaban J connectivity index is 1.34. The molecule has 24 heavy (non-hydrogen) atoms. The van der Waals surface area contributed by atoms with Crippen molar-refractivity contribution in [2.45, 2.75) is 30.9 Å². The van der Waals surface area contributed by atoms with E-state index in [2.05, 4.69) is 28.0 Å². The third-order valence-corrected chi connectivity index (χ3v) is 5.79. The molecule has 3 aliphatic rings. The van der Waals surface area contributed by atoms with Crippen molar-refractivity contribution < 1.29 is 9.47 Å². The molecule has 1 aromatic rings. The van der Waals surface area contributed by atoms with E-state index in [0.29, 0.717) is 6.04 Å². The molecule has 3 saturated heterocycles. The summed E-state index contributed by atoms with van der Waals surface area (Å²) >= 11 is 0. The van der Waals surface area contributed by atoms with Crippen molar-refractivity contribution in [3.8, 4) is 6.07 Å². The third-order valence-electron chi connectivity index (χ3n) is 5.79. The highest BCUT2D eigenvalue weighted by atomic mass is 16.5. The molecular formula is C19H25N3O2. The average Bonchev–Trinajstić information content (AvgIpc) is 3.07. The van der Waals surface area contributed by atoms with E-state index in [4.69, 9.17) is 14.7 Å². The summed E-state index contributed by atoms with van der Waals surface area (Å²) in [5, 5.41) is 8.92. The van der Waals surface area contributed by atoms with Crippen molar-refractivity contribution in [2.75, 3.05) is 50.9 Å². The van der Waals surface area contributed by atoms with E-state index in [0.717, 1.165) is 70.8 Å². The first-order chi connectivity index (χ1) is 11.8. The molecule has 1 unspecified atom stereocenters. The van der Waals surface area contributed by atoms with Gasteiger partial charge in [0.05, 0.1) is 37.1 Å². The van der Waals surface area contributed by atoms with Crippen LogP contribution in [0.25, 0.3) is 0 Å². The van der Waals surface area contributed by atoms with Gasteiger partial charge in [-0.25, -0.2) is 0 Å². The molecule has 3 fully saturated rings. The number of piperidine rings is 1. The first kappa shape index (κ1) is 15.9. The molecule has 1 aromatic carbocycles. The number of hydrogen-bond acceptors (Lipinski definition) is 5. The van der Waals surface area contributed by atoms with Crippen LogP contribution in [0.5, 0.6) is 0 Å². The molecule has 0 aromatic heterocycles. The lowest BCUT2D eigenvalue weighted by Gasteiger charge is -2.40. The predicted octanol–water partition coefficient (Wildman–Crippen LogP) is 2.02. The van der Waals surface area contributed by atoms with Gasteiger partial charge in [-0.3, -0.25) is 4.90 Å². The molecule has 0 aliphatic carbocycles. The molecule has 0 amide bonds. The number of anilines is 1. The van der Waals surface area contributed by atoms with E-state index in [1.165, 1.54) is 5.69 Å². The second kappa shape index (κ2) is 6.72. The van der Waals surface area contributed by atoms with E-state index < -0.39 is 0 Å². The van der Waals surface area contributed by atoms with Gasteiger partial charge in [0, 0.05) is 37.9 Å². The van der Waals surface area contributed by atoms with Gasteiger partial charge in [-0.2, -0.15) is 5.26 Å². The van der Waals surface area contributed by atoms with Crippen LogP contribution in [0.3, 0.4) is 0 Å². The largest absolute Gasteiger partial charge is 0.379 e. The molecule has 0 N–H and O–H groups in total. The van der Waals surface area contributed by atoms with Gasteiger partial charge in [-0.15, -0.1) is 0 Å². The van der Waals surface area contributed by atoms with E-state index in [9.17, 15) is 0 Å². The van der Waals surface area contributed by atoms with Crippen molar-refractivity contribution in [1.29, 1.82) is 5.26 Å². The zero-order chi connectivity index (χ0) is 16.4. The Bertz CT molecular complexity index is 596. The van der Waals surface area contributed by atoms with Gasteiger partial charge in [0.25, 0.3) is 0 Å². The highest BCUT2D eigenvalue weighted by molar-refractivity contribution is 5.50. The third kappa shape index (κ3) is 3.14. The van der Waals surface area contributed by atoms with Crippen LogP contribution in [-0.2, 0) is 9.47 Å². The van der Waals surface area contributed by atoms with Gasteiger partial charge in [0.15, 0.2) is 0 Å². The molecule has 3 heterocycles. The maximum atomic E-state index is 8.92. The molecule has 4 rings (SSSR count). The maximum absolute atomic E-state index is 8.92. The van der Waals surface area contributed by atoms with Crippen molar-refractivity contribution in [3.05, 3.63) is 29.8 Å². The van der Waals surface area contributed by atoms with Crippen LogP contribution < -0.4 is 4.90 Å². The SMILES string of the molecule is N#Cc1ccc(N2CCC3(CC2)CC(N2CCOCC2)CO3)cc1. The molecule has 0 saturated carbocycles. The lowest BCUT2D eigenvalue weighted by Crippen LogP contribution is -2.47. The van der Waals surface area contributed by atoms with Gasteiger partial charge < -0.3 is 14.4 Å². The molecule has 0 bridgehead atoms. The van der Waals surface area contributed by atoms with E-state index in [1.54, 1.807) is 0 Å². The second-order valence-corrected chi connectivity index (χ2v) is 7.15. The minimum atomic E-state index is 0.0755. The minimum absolute atomic E-state index is 0.0755. The van der Waals surface area contributed by atoms with Crippen LogP contribution in [-0.4, -0.2) is 62.5 Å². The second-order valence-electron chi connectivity index (χ2n) is 7.15. The van der Waals surface area contributed by atoms with Gasteiger partial charge in [0.2, 0.25) is 0 Å². The van der Waals surface area contributed by atoms with Crippen LogP contribution in [0.1, 0.15) is 24.8 Å². The monoisotopic (exact) mass is 327 g/mol. The maximum Gasteiger partial charge on any atom is 0.0991 e. The van der Waals surface area contributed by atoms with Gasteiger partial charge in [0.1, 0.15) is 0 Å². The number of morpholine rings is 1. The summed E-state index contributed by atoms with van der Waals surface area (Å²) in [7, 11) is 0. The lowest BCUT2D eigenvalue weighted by atomic mass is 9.86. The van der Waals surface area contributed by atoms with Crippen LogP contribution in [0.15, 0.2) is 24.3 Å². The molecule has 1 atom stereocenters. The van der Waals surface area contributed by atoms with Crippen LogP contribution in [0, 0.1) is 11.3 Å². The Labute approximate surface area is 143 Å². The fourth-order valence-electron chi connectivity index (χ4n) is 4.27. The fraction of sp³-hybridized carbons (Fsp3) is 0.632. The number of benzene rings is 1. The number of hydrogen-bond donors (Lipinski definition) is 0. The summed E-state index contributed by atoms with van der Waals surface area (Å²) in [4.78, 5) is 4.96. The van der Waals surface area contributed by atoms with E-state index >= 15 is 0 Å². The number of nitriles is 1. The average molecular weight is 327 g/mol. The molecule has 1 spiro atoms. The van der Waals surface area contributed by atoms with Gasteiger partial charge in [-0.05, 0) is 43.5 Å². The highest BCUT2D eigenvalue weighted by Gasteiger charge is 2.44. The molecule has 5 nitrogen and oxygen atoms in total. The van der Waals surface area contributed by atoms with Gasteiger partial charge in [-0.1, -0.05) is 0 Å². The molecule has 5 heteroatoms. The molecule has 128 valence electrons. The van der Waals surface area contributed by atoms with Crippen molar-refractivity contribution in [2.24, 2.45) is 0 Å². The first-order valence-electron chi connectivity index (χ1n) is 8.99. The predicted molar refractivity (Wildman–Crippen MR) is 92.1 cm³/mol. The van der Waals surface area contributed by atoms with Gasteiger partial charge >= 0.3 is 0 Å². The molecular weight excluding hydrogens is 302 g/mol. The fourth-order valence-corrected chi connectivity index (χ4v) is 4.27. The van der Waals surface area contributed by atoms with Crippen LogP contribution in [0.4, 0.5) is 5.69 Å². The van der Waals surface area contributed by atoms with E-state index in [-0.39, 0.29) is 5.60 Å². The smallest absolute Gasteiger partial charge is 0.0991 e. The van der Waals surface area contributed by atoms with E-state index in [1.807, 2.05) is 12.1 Å². The summed E-state index contributed by atoms with van der Waals surface area (Å²) in [6.45, 7) is 6.73. The lowest BCUT2D eigenvalue weighted by molar-refractivity contribution is -0.0183. The van der Waals surface area contributed by atoms with Crippen LogP contribution in [0.2, 0.25) is 0 Å². The van der Waals surface area contributed by atoms with Crippen molar-refractivity contribution in [3.63, 3.8) is 0 Å². The summed E-state index contributed by atoms with van der Waals surface area (Å²) in [5.74, 6) is 0. The Morgan fingerprint density at radius 2 is 1.75 bits per heavy atom. The van der Waals surface area contributed by atoms with Crippen LogP contribution >= 0.6 is 0 Å². The summed E-state index contributed by atoms with van der Waals surface area (Å²) in [6, 6.07) is 10.7. The summed E-state index contributed by atoms with van der Waals surface area (Å²) in [6.07, 6.45) is 3.34. The first-order valence-corrected chi connectivity index (χ1v) is 8.99.